The van der Waals surface area contributed by atoms with Crippen LogP contribution in [0.15, 0.2) is 47.8 Å². The molecule has 4 N–H and O–H groups in total. The van der Waals surface area contributed by atoms with Crippen LogP contribution in [0.4, 0.5) is 4.39 Å². The van der Waals surface area contributed by atoms with Crippen LogP contribution < -0.4 is 11.1 Å². The molecule has 0 saturated carbocycles. The van der Waals surface area contributed by atoms with Crippen LogP contribution in [-0.4, -0.2) is 16.0 Å². The van der Waals surface area contributed by atoms with Crippen LogP contribution >= 0.6 is 0 Å². The number of nitrogens with one attached hydrogen (secondary N) is 1. The van der Waals surface area contributed by atoms with Gasteiger partial charge in [0, 0.05) is 24.8 Å². The molecule has 0 atom stereocenters. The first-order chi connectivity index (χ1) is 9.69. The third-order valence-corrected chi connectivity index (χ3v) is 2.72. The van der Waals surface area contributed by atoms with E-state index in [1.54, 1.807) is 12.3 Å². The molecule has 0 radical (unpaired) electrons. The molecule has 6 heteroatoms. The van der Waals surface area contributed by atoms with Gasteiger partial charge in [0.15, 0.2) is 5.84 Å². The lowest BCUT2D eigenvalue weighted by Gasteiger charge is -2.07. The summed E-state index contributed by atoms with van der Waals surface area (Å²) in [5, 5.41) is 14.6. The molecule has 2 rings (SSSR count). The Bertz CT molecular complexity index is 601. The number of rotatable bonds is 5. The Morgan fingerprint density at radius 1 is 1.30 bits per heavy atom. The Morgan fingerprint density at radius 3 is 2.85 bits per heavy atom. The van der Waals surface area contributed by atoms with E-state index in [9.17, 15) is 4.39 Å². The Hall–Kier alpha value is -2.47. The van der Waals surface area contributed by atoms with Gasteiger partial charge in [0.25, 0.3) is 0 Å². The van der Waals surface area contributed by atoms with Gasteiger partial charge >= 0.3 is 0 Å². The Labute approximate surface area is 116 Å². The topological polar surface area (TPSA) is 83.5 Å². The zero-order valence-electron chi connectivity index (χ0n) is 10.8. The molecule has 0 fully saturated rings. The average molecular weight is 274 g/mol. The lowest BCUT2D eigenvalue weighted by atomic mass is 10.1. The van der Waals surface area contributed by atoms with Crippen molar-refractivity contribution in [1.29, 1.82) is 0 Å². The molecular weight excluding hydrogens is 259 g/mol. The SMILES string of the molecule is N/C(=N/O)c1cc(F)cc(CNCc2ccccn2)c1. The molecule has 1 aromatic heterocycles. The summed E-state index contributed by atoms with van der Waals surface area (Å²) < 4.78 is 13.4. The third kappa shape index (κ3) is 3.76. The molecule has 0 spiro atoms. The molecular formula is C14H15FN4O. The van der Waals surface area contributed by atoms with Gasteiger partial charge in [-0.2, -0.15) is 0 Å². The van der Waals surface area contributed by atoms with Crippen LogP contribution in [-0.2, 0) is 13.1 Å². The second-order valence-corrected chi connectivity index (χ2v) is 4.26. The highest BCUT2D eigenvalue weighted by Crippen LogP contribution is 2.09. The molecule has 5 nitrogen and oxygen atoms in total. The highest BCUT2D eigenvalue weighted by atomic mass is 19.1. The van der Waals surface area contributed by atoms with E-state index in [2.05, 4.69) is 15.5 Å². The van der Waals surface area contributed by atoms with Crippen molar-refractivity contribution < 1.29 is 9.60 Å². The van der Waals surface area contributed by atoms with Crippen molar-refractivity contribution in [3.8, 4) is 0 Å². The van der Waals surface area contributed by atoms with Crippen molar-refractivity contribution in [2.75, 3.05) is 0 Å². The first kappa shape index (κ1) is 14.0. The van der Waals surface area contributed by atoms with Crippen LogP contribution in [0.2, 0.25) is 0 Å². The van der Waals surface area contributed by atoms with Crippen LogP contribution in [0, 0.1) is 5.82 Å². The molecule has 0 aliphatic heterocycles. The second kappa shape index (κ2) is 6.63. The van der Waals surface area contributed by atoms with E-state index < -0.39 is 5.82 Å². The van der Waals surface area contributed by atoms with Gasteiger partial charge in [-0.3, -0.25) is 4.98 Å². The third-order valence-electron chi connectivity index (χ3n) is 2.72. The van der Waals surface area contributed by atoms with Crippen molar-refractivity contribution in [3.05, 3.63) is 65.2 Å². The minimum absolute atomic E-state index is 0.115. The number of nitrogens with zero attached hydrogens (tertiary/aromatic N) is 2. The van der Waals surface area contributed by atoms with Gasteiger partial charge in [0.2, 0.25) is 0 Å². The average Bonchev–Trinajstić information content (AvgIpc) is 2.47. The monoisotopic (exact) mass is 274 g/mol. The first-order valence-corrected chi connectivity index (χ1v) is 6.07. The number of amidine groups is 1. The number of halogens is 1. The van der Waals surface area contributed by atoms with Crippen molar-refractivity contribution in [2.45, 2.75) is 13.1 Å². The van der Waals surface area contributed by atoms with E-state index in [1.807, 2.05) is 18.2 Å². The van der Waals surface area contributed by atoms with Crippen LogP contribution in [0.3, 0.4) is 0 Å². The van der Waals surface area contributed by atoms with Gasteiger partial charge in [-0.1, -0.05) is 11.2 Å². The fraction of sp³-hybridized carbons (Fsp3) is 0.143. The number of oxime groups is 1. The number of aromatic nitrogens is 1. The molecule has 0 aliphatic carbocycles. The summed E-state index contributed by atoms with van der Waals surface area (Å²) in [7, 11) is 0. The Kier molecular flexibility index (Phi) is 4.62. The van der Waals surface area contributed by atoms with Crippen LogP contribution in [0.25, 0.3) is 0 Å². The van der Waals surface area contributed by atoms with E-state index in [0.29, 0.717) is 24.2 Å². The molecule has 1 aromatic carbocycles. The largest absolute Gasteiger partial charge is 0.409 e. The standard InChI is InChI=1S/C14H15FN4O/c15-12-6-10(5-11(7-12)14(16)19-20)8-17-9-13-3-1-2-4-18-13/h1-7,17,20H,8-9H2,(H2,16,19). The summed E-state index contributed by atoms with van der Waals surface area (Å²) in [5.74, 6) is -0.542. The summed E-state index contributed by atoms with van der Waals surface area (Å²) in [6, 6.07) is 9.95. The smallest absolute Gasteiger partial charge is 0.170 e. The summed E-state index contributed by atoms with van der Waals surface area (Å²) in [5.41, 5.74) is 7.42. The molecule has 0 unspecified atom stereocenters. The summed E-state index contributed by atoms with van der Waals surface area (Å²) in [4.78, 5) is 4.18. The quantitative estimate of drug-likeness (QED) is 0.335. The zero-order valence-corrected chi connectivity index (χ0v) is 10.8. The van der Waals surface area contributed by atoms with Crippen molar-refractivity contribution >= 4 is 5.84 Å². The Balaban J connectivity index is 2.01. The van der Waals surface area contributed by atoms with E-state index in [4.69, 9.17) is 10.9 Å². The predicted molar refractivity (Wildman–Crippen MR) is 73.7 cm³/mol. The van der Waals surface area contributed by atoms with Gasteiger partial charge in [-0.15, -0.1) is 0 Å². The fourth-order valence-electron chi connectivity index (χ4n) is 1.80. The van der Waals surface area contributed by atoms with E-state index in [0.717, 1.165) is 5.69 Å². The molecule has 0 saturated heterocycles. The normalized spacial score (nSPS) is 11.6. The number of hydrogen-bond acceptors (Lipinski definition) is 4. The van der Waals surface area contributed by atoms with E-state index in [1.165, 1.54) is 12.1 Å². The predicted octanol–water partition coefficient (Wildman–Crippen LogP) is 1.60. The van der Waals surface area contributed by atoms with Crippen molar-refractivity contribution in [2.24, 2.45) is 10.9 Å². The van der Waals surface area contributed by atoms with Crippen molar-refractivity contribution in [3.63, 3.8) is 0 Å². The minimum Gasteiger partial charge on any atom is -0.409 e. The Morgan fingerprint density at radius 2 is 2.15 bits per heavy atom. The number of benzene rings is 1. The second-order valence-electron chi connectivity index (χ2n) is 4.26. The van der Waals surface area contributed by atoms with Crippen LogP contribution in [0.5, 0.6) is 0 Å². The lowest BCUT2D eigenvalue weighted by molar-refractivity contribution is 0.318. The summed E-state index contributed by atoms with van der Waals surface area (Å²) in [6.07, 6.45) is 1.72. The van der Waals surface area contributed by atoms with Gasteiger partial charge in [-0.05, 0) is 35.9 Å². The maximum atomic E-state index is 13.4. The van der Waals surface area contributed by atoms with Gasteiger partial charge < -0.3 is 16.3 Å². The molecule has 2 aromatic rings. The number of nitrogens with two attached hydrogens (primary N) is 1. The zero-order chi connectivity index (χ0) is 14.4. The lowest BCUT2D eigenvalue weighted by Crippen LogP contribution is -2.16. The maximum absolute atomic E-state index is 13.4. The molecule has 0 amide bonds. The fourth-order valence-corrected chi connectivity index (χ4v) is 1.80. The highest BCUT2D eigenvalue weighted by Gasteiger charge is 2.05. The minimum atomic E-state index is -0.427. The molecule has 0 bridgehead atoms. The van der Waals surface area contributed by atoms with Crippen molar-refractivity contribution in [1.82, 2.24) is 10.3 Å². The molecule has 20 heavy (non-hydrogen) atoms. The number of hydrogen-bond donors (Lipinski definition) is 3. The molecule has 104 valence electrons. The summed E-state index contributed by atoms with van der Waals surface area (Å²) >= 11 is 0. The summed E-state index contributed by atoms with van der Waals surface area (Å²) in [6.45, 7) is 1.04. The van der Waals surface area contributed by atoms with Gasteiger partial charge in [-0.25, -0.2) is 4.39 Å². The van der Waals surface area contributed by atoms with E-state index >= 15 is 0 Å². The number of pyridine rings is 1. The molecule has 1 heterocycles. The first-order valence-electron chi connectivity index (χ1n) is 6.07. The highest BCUT2D eigenvalue weighted by molar-refractivity contribution is 5.97. The molecule has 0 aliphatic rings. The van der Waals surface area contributed by atoms with Crippen LogP contribution in [0.1, 0.15) is 16.8 Å². The maximum Gasteiger partial charge on any atom is 0.170 e. The van der Waals surface area contributed by atoms with E-state index in [-0.39, 0.29) is 5.84 Å². The van der Waals surface area contributed by atoms with Gasteiger partial charge in [0.1, 0.15) is 5.82 Å². The van der Waals surface area contributed by atoms with Gasteiger partial charge in [0.05, 0.1) is 5.69 Å².